The zero-order valence-electron chi connectivity index (χ0n) is 17.4. The number of anilines is 1. The molecule has 0 bridgehead atoms. The molecule has 7 nitrogen and oxygen atoms in total. The fraction of sp³-hybridized carbons (Fsp3) is 0.0833. The van der Waals surface area contributed by atoms with Gasteiger partial charge in [-0.2, -0.15) is 0 Å². The molecule has 0 radical (unpaired) electrons. The Balaban J connectivity index is 1.91. The molecule has 1 saturated heterocycles. The Kier molecular flexibility index (Phi) is 5.84. The lowest BCUT2D eigenvalue weighted by molar-refractivity contribution is -0.132. The van der Waals surface area contributed by atoms with Crippen LogP contribution >= 0.6 is 11.6 Å². The van der Waals surface area contributed by atoms with Crippen molar-refractivity contribution in [2.75, 3.05) is 4.90 Å². The minimum absolute atomic E-state index is 0.0818. The monoisotopic (exact) mass is 482 g/mol. The number of amides is 1. The van der Waals surface area contributed by atoms with Gasteiger partial charge in [0.2, 0.25) is 10.0 Å². The topological polar surface area (TPSA) is 118 Å². The van der Waals surface area contributed by atoms with Crippen molar-refractivity contribution >= 4 is 44.8 Å². The number of Topliss-reactive ketones (excluding diaryl/α,β-unsaturated/α-hetero) is 1. The Morgan fingerprint density at radius 2 is 1.52 bits per heavy atom. The van der Waals surface area contributed by atoms with Gasteiger partial charge in [0.05, 0.1) is 16.5 Å². The van der Waals surface area contributed by atoms with Gasteiger partial charge in [0.15, 0.2) is 0 Å². The summed E-state index contributed by atoms with van der Waals surface area (Å²) in [6, 6.07) is 17.8. The number of nitrogens with two attached hydrogens (primary N) is 1. The first-order valence-electron chi connectivity index (χ1n) is 9.84. The van der Waals surface area contributed by atoms with Gasteiger partial charge >= 0.3 is 0 Å². The summed E-state index contributed by atoms with van der Waals surface area (Å²) in [6.07, 6.45) is 0. The molecule has 0 saturated carbocycles. The zero-order chi connectivity index (χ0) is 23.9. The van der Waals surface area contributed by atoms with E-state index in [0.29, 0.717) is 16.1 Å². The molecule has 9 heteroatoms. The summed E-state index contributed by atoms with van der Waals surface area (Å²) >= 11 is 6.02. The number of aryl methyl sites for hydroxylation is 1. The van der Waals surface area contributed by atoms with E-state index in [9.17, 15) is 23.1 Å². The highest BCUT2D eigenvalue weighted by molar-refractivity contribution is 7.89. The highest BCUT2D eigenvalue weighted by atomic mass is 35.5. The molecule has 1 amide bonds. The minimum atomic E-state index is -3.94. The van der Waals surface area contributed by atoms with Crippen LogP contribution in [0.1, 0.15) is 22.7 Å². The van der Waals surface area contributed by atoms with Gasteiger partial charge in [-0.05, 0) is 48.9 Å². The number of benzene rings is 3. The number of hydrogen-bond donors (Lipinski definition) is 2. The molecule has 33 heavy (non-hydrogen) atoms. The van der Waals surface area contributed by atoms with Gasteiger partial charge < -0.3 is 5.11 Å². The summed E-state index contributed by atoms with van der Waals surface area (Å²) in [6.45, 7) is 1.89. The fourth-order valence-electron chi connectivity index (χ4n) is 3.72. The Morgan fingerprint density at radius 1 is 0.939 bits per heavy atom. The van der Waals surface area contributed by atoms with Crippen molar-refractivity contribution in [1.29, 1.82) is 0 Å². The van der Waals surface area contributed by atoms with Gasteiger partial charge in [0.25, 0.3) is 11.7 Å². The van der Waals surface area contributed by atoms with Crippen LogP contribution < -0.4 is 10.0 Å². The largest absolute Gasteiger partial charge is 0.507 e. The maximum absolute atomic E-state index is 13.1. The van der Waals surface area contributed by atoms with Gasteiger partial charge in [-0.3, -0.25) is 14.5 Å². The molecule has 1 aliphatic rings. The summed E-state index contributed by atoms with van der Waals surface area (Å²) in [5.74, 6) is -2.02. The van der Waals surface area contributed by atoms with Gasteiger partial charge in [-0.1, -0.05) is 53.6 Å². The lowest BCUT2D eigenvalue weighted by atomic mass is 9.95. The highest BCUT2D eigenvalue weighted by Gasteiger charge is 2.47. The maximum Gasteiger partial charge on any atom is 0.300 e. The lowest BCUT2D eigenvalue weighted by Gasteiger charge is -2.25. The van der Waals surface area contributed by atoms with Crippen LogP contribution in [0.5, 0.6) is 0 Å². The van der Waals surface area contributed by atoms with E-state index in [1.807, 2.05) is 6.92 Å². The standard InChI is InChI=1S/C24H19ClN2O5S/c1-14-2-4-16(5-3-14)22(28)20-21(15-6-8-17(25)9-7-15)27(24(30)23(20)29)18-10-12-19(13-11-18)33(26,31)32/h2-13,21,28H,1H3,(H2,26,31,32)/b22-20+/t21-/m0/s1. The Hall–Kier alpha value is -3.46. The molecule has 4 rings (SSSR count). The number of aliphatic hydroxyl groups excluding tert-OH is 1. The molecular weight excluding hydrogens is 464 g/mol. The number of ketones is 1. The van der Waals surface area contributed by atoms with Gasteiger partial charge in [0.1, 0.15) is 5.76 Å². The predicted molar refractivity (Wildman–Crippen MR) is 125 cm³/mol. The molecule has 3 N–H and O–H groups in total. The predicted octanol–water partition coefficient (Wildman–Crippen LogP) is 3.92. The second-order valence-electron chi connectivity index (χ2n) is 7.63. The molecule has 0 unspecified atom stereocenters. The van der Waals surface area contributed by atoms with Crippen molar-refractivity contribution in [3.63, 3.8) is 0 Å². The average Bonchev–Trinajstić information content (AvgIpc) is 3.04. The number of sulfonamides is 1. The second-order valence-corrected chi connectivity index (χ2v) is 9.62. The quantitative estimate of drug-likeness (QED) is 0.332. The third-order valence-corrected chi connectivity index (χ3v) is 6.58. The van der Waals surface area contributed by atoms with E-state index in [2.05, 4.69) is 0 Å². The number of carbonyl (C=O) groups is 2. The lowest BCUT2D eigenvalue weighted by Crippen LogP contribution is -2.29. The summed E-state index contributed by atoms with van der Waals surface area (Å²) in [5.41, 5.74) is 2.09. The van der Waals surface area contributed by atoms with Crippen LogP contribution in [0.4, 0.5) is 5.69 Å². The van der Waals surface area contributed by atoms with Gasteiger partial charge in [0, 0.05) is 16.3 Å². The molecule has 0 aromatic heterocycles. The third-order valence-electron chi connectivity index (χ3n) is 5.40. The number of nitrogens with zero attached hydrogens (tertiary/aromatic N) is 1. The summed E-state index contributed by atoms with van der Waals surface area (Å²) in [7, 11) is -3.94. The van der Waals surface area contributed by atoms with Crippen molar-refractivity contribution in [1.82, 2.24) is 0 Å². The van der Waals surface area contributed by atoms with Crippen molar-refractivity contribution < 1.29 is 23.1 Å². The number of rotatable bonds is 4. The van der Waals surface area contributed by atoms with E-state index in [1.54, 1.807) is 48.5 Å². The molecule has 1 atom stereocenters. The molecule has 0 spiro atoms. The molecule has 1 aliphatic heterocycles. The van der Waals surface area contributed by atoms with E-state index in [1.165, 1.54) is 29.2 Å². The number of aliphatic hydroxyl groups is 1. The van der Waals surface area contributed by atoms with Gasteiger partial charge in [-0.25, -0.2) is 13.6 Å². The number of primary sulfonamides is 1. The minimum Gasteiger partial charge on any atom is -0.507 e. The zero-order valence-corrected chi connectivity index (χ0v) is 19.0. The number of halogens is 1. The van der Waals surface area contributed by atoms with Crippen molar-refractivity contribution in [3.8, 4) is 0 Å². The SMILES string of the molecule is Cc1ccc(/C(O)=C2\C(=O)C(=O)N(c3ccc(S(N)(=O)=O)cc3)[C@H]2c2ccc(Cl)cc2)cc1. The van der Waals surface area contributed by atoms with Crippen LogP contribution in [-0.4, -0.2) is 25.2 Å². The van der Waals surface area contributed by atoms with Crippen LogP contribution in [-0.2, 0) is 19.6 Å². The molecule has 1 fully saturated rings. The van der Waals surface area contributed by atoms with Crippen LogP contribution in [0.25, 0.3) is 5.76 Å². The van der Waals surface area contributed by atoms with Crippen molar-refractivity contribution in [3.05, 3.63) is 100 Å². The summed E-state index contributed by atoms with van der Waals surface area (Å²) in [4.78, 5) is 27.3. The summed E-state index contributed by atoms with van der Waals surface area (Å²) < 4.78 is 23.2. The average molecular weight is 483 g/mol. The van der Waals surface area contributed by atoms with Gasteiger partial charge in [-0.15, -0.1) is 0 Å². The van der Waals surface area contributed by atoms with Crippen molar-refractivity contribution in [2.45, 2.75) is 17.9 Å². The molecule has 1 heterocycles. The van der Waals surface area contributed by atoms with E-state index in [4.69, 9.17) is 16.7 Å². The van der Waals surface area contributed by atoms with Crippen LogP contribution in [0.15, 0.2) is 83.3 Å². The molecule has 3 aromatic rings. The fourth-order valence-corrected chi connectivity index (χ4v) is 4.36. The van der Waals surface area contributed by atoms with Crippen molar-refractivity contribution in [2.24, 2.45) is 5.14 Å². The molecule has 3 aromatic carbocycles. The highest BCUT2D eigenvalue weighted by Crippen LogP contribution is 2.42. The van der Waals surface area contributed by atoms with E-state index < -0.39 is 27.8 Å². The normalized spacial score (nSPS) is 18.0. The Morgan fingerprint density at radius 3 is 2.06 bits per heavy atom. The molecule has 168 valence electrons. The summed E-state index contributed by atoms with van der Waals surface area (Å²) in [5, 5.41) is 16.7. The smallest absolute Gasteiger partial charge is 0.300 e. The second kappa shape index (κ2) is 8.47. The Labute approximate surface area is 195 Å². The Bertz CT molecular complexity index is 1380. The first-order chi connectivity index (χ1) is 15.6. The van der Waals surface area contributed by atoms with E-state index in [-0.39, 0.29) is 21.9 Å². The number of carbonyl (C=O) groups excluding carboxylic acids is 2. The molecular formula is C24H19ClN2O5S. The number of hydrogen-bond acceptors (Lipinski definition) is 5. The van der Waals surface area contributed by atoms with Crippen LogP contribution in [0, 0.1) is 6.92 Å². The van der Waals surface area contributed by atoms with E-state index in [0.717, 1.165) is 5.56 Å². The van der Waals surface area contributed by atoms with Crippen LogP contribution in [0.3, 0.4) is 0 Å². The first kappa shape index (κ1) is 22.7. The first-order valence-corrected chi connectivity index (χ1v) is 11.8. The third kappa shape index (κ3) is 4.28. The molecule has 0 aliphatic carbocycles. The maximum atomic E-state index is 13.1. The van der Waals surface area contributed by atoms with Crippen LogP contribution in [0.2, 0.25) is 5.02 Å². The van der Waals surface area contributed by atoms with E-state index >= 15 is 0 Å².